The lowest BCUT2D eigenvalue weighted by atomic mass is 9.72. The maximum Gasteiger partial charge on any atom is 0.295 e. The molecule has 2 heteroatoms. The second-order valence-electron chi connectivity index (χ2n) is 7.92. The molecule has 4 heterocycles. The Kier molecular flexibility index (Phi) is 1.93. The fourth-order valence-electron chi connectivity index (χ4n) is 5.99. The van der Waals surface area contributed by atoms with E-state index in [4.69, 9.17) is 0 Å². The largest absolute Gasteiger partial charge is 0.295 e. The molecule has 2 aromatic heterocycles. The Bertz CT molecular complexity index is 1200. The summed E-state index contributed by atoms with van der Waals surface area (Å²) in [4.78, 5) is 0. The maximum absolute atomic E-state index is 2.63. The van der Waals surface area contributed by atoms with E-state index >= 15 is 0 Å². The van der Waals surface area contributed by atoms with Gasteiger partial charge in [-0.15, -0.1) is 0 Å². The predicted octanol–water partition coefficient (Wildman–Crippen LogP) is 4.65. The van der Waals surface area contributed by atoms with Gasteiger partial charge in [-0.1, -0.05) is 49.2 Å². The van der Waals surface area contributed by atoms with Gasteiger partial charge in [-0.25, -0.2) is 4.57 Å². The van der Waals surface area contributed by atoms with Crippen LogP contribution in [0, 0.1) is 0 Å². The number of benzene rings is 2. The van der Waals surface area contributed by atoms with Gasteiger partial charge in [0.1, 0.15) is 18.3 Å². The van der Waals surface area contributed by atoms with Crippen LogP contribution in [0.5, 0.6) is 0 Å². The van der Waals surface area contributed by atoms with Crippen LogP contribution >= 0.6 is 0 Å². The number of nitrogens with zero attached hydrogens (tertiary/aromatic N) is 2. The van der Waals surface area contributed by atoms with E-state index in [-0.39, 0.29) is 0 Å². The van der Waals surface area contributed by atoms with Crippen molar-refractivity contribution in [3.8, 4) is 0 Å². The van der Waals surface area contributed by atoms with Gasteiger partial charge in [0.25, 0.3) is 5.65 Å². The number of para-hydroxylation sites is 1. The van der Waals surface area contributed by atoms with Gasteiger partial charge in [-0.05, 0) is 18.8 Å². The van der Waals surface area contributed by atoms with E-state index in [0.717, 1.165) is 12.5 Å². The first kappa shape index (κ1) is 12.1. The van der Waals surface area contributed by atoms with Crippen LogP contribution in [-0.2, 0) is 6.54 Å². The van der Waals surface area contributed by atoms with Gasteiger partial charge in [0.15, 0.2) is 5.69 Å². The highest BCUT2D eigenvalue weighted by molar-refractivity contribution is 6.13. The molecule has 2 atom stereocenters. The predicted molar refractivity (Wildman–Crippen MR) is 95.7 cm³/mol. The van der Waals surface area contributed by atoms with Crippen LogP contribution in [0.1, 0.15) is 54.3 Å². The molecule has 1 fully saturated rings. The van der Waals surface area contributed by atoms with Crippen molar-refractivity contribution in [3.05, 3.63) is 59.4 Å². The van der Waals surface area contributed by atoms with Gasteiger partial charge in [-0.2, -0.15) is 4.40 Å². The zero-order valence-corrected chi connectivity index (χ0v) is 13.6. The molecule has 4 aromatic rings. The monoisotopic (exact) mass is 311 g/mol. The van der Waals surface area contributed by atoms with E-state index in [1.165, 1.54) is 58.6 Å². The minimum Gasteiger partial charge on any atom is -0.225 e. The van der Waals surface area contributed by atoms with Gasteiger partial charge in [0.2, 0.25) is 0 Å². The molecule has 0 bridgehead atoms. The fourth-order valence-corrected chi connectivity index (χ4v) is 5.99. The summed E-state index contributed by atoms with van der Waals surface area (Å²) in [5.41, 5.74) is 7.61. The molecule has 2 aromatic carbocycles. The second kappa shape index (κ2) is 3.83. The third-order valence-electron chi connectivity index (χ3n) is 6.87. The normalized spacial score (nSPS) is 23.8. The van der Waals surface area contributed by atoms with Crippen LogP contribution in [-0.4, -0.2) is 4.40 Å². The third-order valence-corrected chi connectivity index (χ3v) is 6.87. The van der Waals surface area contributed by atoms with Gasteiger partial charge >= 0.3 is 0 Å². The van der Waals surface area contributed by atoms with E-state index in [9.17, 15) is 0 Å². The molecule has 24 heavy (non-hydrogen) atoms. The summed E-state index contributed by atoms with van der Waals surface area (Å²) in [6.45, 7) is 1.04. The minimum atomic E-state index is 0.716. The van der Waals surface area contributed by atoms with Crippen molar-refractivity contribution < 1.29 is 4.57 Å². The van der Waals surface area contributed by atoms with Crippen LogP contribution < -0.4 is 4.57 Å². The summed E-state index contributed by atoms with van der Waals surface area (Å²) in [5.74, 6) is 1.44. The Labute approximate surface area is 140 Å². The number of pyridine rings is 1. The van der Waals surface area contributed by atoms with Crippen molar-refractivity contribution in [2.24, 2.45) is 0 Å². The van der Waals surface area contributed by atoms with E-state index in [1.54, 1.807) is 11.3 Å². The molecular formula is C22H19N2+. The zero-order valence-electron chi connectivity index (χ0n) is 13.6. The van der Waals surface area contributed by atoms with Crippen LogP contribution in [0.4, 0.5) is 0 Å². The average Bonchev–Trinajstić information content (AvgIpc) is 3.18. The molecule has 3 aliphatic rings. The first-order valence-electron chi connectivity index (χ1n) is 9.33. The minimum absolute atomic E-state index is 0.716. The Morgan fingerprint density at radius 2 is 1.75 bits per heavy atom. The molecule has 7 rings (SSSR count). The molecular weight excluding hydrogens is 292 g/mol. The Balaban J connectivity index is 1.83. The van der Waals surface area contributed by atoms with Crippen molar-refractivity contribution in [2.45, 2.75) is 44.1 Å². The summed E-state index contributed by atoms with van der Waals surface area (Å²) in [6.07, 6.45) is 7.96. The number of fused-ring (bicyclic) bond motifs is 4. The molecule has 0 amide bonds. The van der Waals surface area contributed by atoms with Crippen molar-refractivity contribution in [2.75, 3.05) is 0 Å². The first-order valence-corrected chi connectivity index (χ1v) is 9.33. The Morgan fingerprint density at radius 1 is 0.917 bits per heavy atom. The van der Waals surface area contributed by atoms with Crippen LogP contribution in [0.15, 0.2) is 42.6 Å². The van der Waals surface area contributed by atoms with Gasteiger partial charge in [0.05, 0.1) is 5.39 Å². The van der Waals surface area contributed by atoms with Gasteiger partial charge in [0, 0.05) is 27.8 Å². The van der Waals surface area contributed by atoms with Crippen LogP contribution in [0.3, 0.4) is 0 Å². The zero-order chi connectivity index (χ0) is 15.4. The van der Waals surface area contributed by atoms with Crippen molar-refractivity contribution in [3.63, 3.8) is 0 Å². The molecule has 2 unspecified atom stereocenters. The Hall–Kier alpha value is -2.35. The Morgan fingerprint density at radius 3 is 2.71 bits per heavy atom. The average molecular weight is 311 g/mol. The fraction of sp³-hybridized carbons (Fsp3) is 0.318. The third kappa shape index (κ3) is 1.16. The molecule has 2 aliphatic heterocycles. The standard InChI is InChI=1S/C22H19N2/c1-2-7-15-14(6-1)17-9-4-10-18-16-8-3-5-13-11-23-12-19(15)24(21(17)18)22(23)20(13)16/h3-5,8-10,12,14-15H,1-2,6-7,11H2/q+1. The number of rotatable bonds is 0. The quantitative estimate of drug-likeness (QED) is 0.291. The SMILES string of the molecule is c1cc2c3c(c1)c1cccc4c1n1c(c[n+](c31)C2)C1CCCCC41. The van der Waals surface area contributed by atoms with Gasteiger partial charge < -0.3 is 0 Å². The molecule has 116 valence electrons. The van der Waals surface area contributed by atoms with Crippen molar-refractivity contribution in [1.29, 1.82) is 0 Å². The highest BCUT2D eigenvalue weighted by Crippen LogP contribution is 2.51. The molecule has 0 spiro atoms. The lowest BCUT2D eigenvalue weighted by molar-refractivity contribution is -0.657. The van der Waals surface area contributed by atoms with Crippen LogP contribution in [0.25, 0.3) is 27.3 Å². The molecule has 1 aliphatic carbocycles. The number of aromatic nitrogens is 2. The van der Waals surface area contributed by atoms with Gasteiger partial charge in [-0.3, -0.25) is 0 Å². The smallest absolute Gasteiger partial charge is 0.225 e. The summed E-state index contributed by atoms with van der Waals surface area (Å²) in [5, 5.41) is 4.39. The number of imidazole rings is 1. The molecule has 1 saturated carbocycles. The lowest BCUT2D eigenvalue weighted by Gasteiger charge is -2.33. The van der Waals surface area contributed by atoms with E-state index in [2.05, 4.69) is 51.6 Å². The van der Waals surface area contributed by atoms with E-state index in [1.807, 2.05) is 0 Å². The molecule has 0 radical (unpaired) electrons. The van der Waals surface area contributed by atoms with Crippen LogP contribution in [0.2, 0.25) is 0 Å². The highest BCUT2D eigenvalue weighted by Gasteiger charge is 2.42. The topological polar surface area (TPSA) is 8.29 Å². The highest BCUT2D eigenvalue weighted by atomic mass is 15.1. The first-order chi connectivity index (χ1) is 11.9. The molecule has 2 nitrogen and oxygen atoms in total. The van der Waals surface area contributed by atoms with Crippen molar-refractivity contribution in [1.82, 2.24) is 4.40 Å². The molecule has 0 N–H and O–H groups in total. The lowest BCUT2D eigenvalue weighted by Crippen LogP contribution is -2.28. The summed E-state index contributed by atoms with van der Waals surface area (Å²) in [6, 6.07) is 13.9. The summed E-state index contributed by atoms with van der Waals surface area (Å²) < 4.78 is 5.15. The molecule has 0 saturated heterocycles. The summed E-state index contributed by atoms with van der Waals surface area (Å²) >= 11 is 0. The second-order valence-corrected chi connectivity index (χ2v) is 7.92. The number of hydrogen-bond acceptors (Lipinski definition) is 0. The number of hydrogen-bond donors (Lipinski definition) is 0. The summed E-state index contributed by atoms with van der Waals surface area (Å²) in [7, 11) is 0. The van der Waals surface area contributed by atoms with Crippen molar-refractivity contribution >= 4 is 27.3 Å². The maximum atomic E-state index is 2.63. The van der Waals surface area contributed by atoms with E-state index < -0.39 is 0 Å². The van der Waals surface area contributed by atoms with E-state index in [0.29, 0.717) is 5.92 Å².